The summed E-state index contributed by atoms with van der Waals surface area (Å²) in [5.74, 6) is 0. The molecule has 0 radical (unpaired) electrons. The summed E-state index contributed by atoms with van der Waals surface area (Å²) in [6, 6.07) is 18.7. The second kappa shape index (κ2) is 15.5. The van der Waals surface area contributed by atoms with Gasteiger partial charge < -0.3 is 8.85 Å². The van der Waals surface area contributed by atoms with Gasteiger partial charge in [-0.05, 0) is 62.4 Å². The quantitative estimate of drug-likeness (QED) is 0.174. The zero-order chi connectivity index (χ0) is 27.3. The number of rotatable bonds is 14. The van der Waals surface area contributed by atoms with Crippen LogP contribution in [0.15, 0.2) is 55.1 Å². The Morgan fingerprint density at radius 1 is 0.639 bits per heavy atom. The van der Waals surface area contributed by atoms with Gasteiger partial charge in [-0.3, -0.25) is 4.98 Å². The monoisotopic (exact) mass is 563 g/mol. The Balaban J connectivity index is 0.000000360. The maximum Gasteiger partial charge on any atom is 0.185 e. The standard InChI is InChI=1S/C14H27NOSi2.C14H28NOSi2/c1-16-18(4,5)13-12-17(2,3)11-8-14-6-9-15-10-7-14;1-16-18(4,5)14-13-17(2,3)12-11-15-9-7-6-8-10-15/h6-7,9-10H,8,11-13H2,1-5H3;6-10H,11-14H2,1-5H3/q;+1. The average molecular weight is 564 g/mol. The van der Waals surface area contributed by atoms with Gasteiger partial charge in [-0.15, -0.1) is 0 Å². The first kappa shape index (κ1) is 33.1. The minimum Gasteiger partial charge on any atom is -0.420 e. The lowest BCUT2D eigenvalue weighted by Gasteiger charge is -2.27. The molecule has 0 unspecified atom stereocenters. The fourth-order valence-corrected chi connectivity index (χ4v) is 16.7. The summed E-state index contributed by atoms with van der Waals surface area (Å²) >= 11 is 0. The van der Waals surface area contributed by atoms with E-state index in [1.165, 1.54) is 48.2 Å². The van der Waals surface area contributed by atoms with Crippen molar-refractivity contribution in [1.29, 1.82) is 0 Å². The molecule has 0 amide bonds. The largest absolute Gasteiger partial charge is 0.420 e. The lowest BCUT2D eigenvalue weighted by Crippen LogP contribution is -2.39. The second-order valence-electron chi connectivity index (χ2n) is 13.0. The van der Waals surface area contributed by atoms with Crippen molar-refractivity contribution in [1.82, 2.24) is 4.98 Å². The fourth-order valence-electron chi connectivity index (χ4n) is 3.78. The van der Waals surface area contributed by atoms with Crippen LogP contribution in [0.25, 0.3) is 0 Å². The minimum absolute atomic E-state index is 1.08. The first-order valence-corrected chi connectivity index (χ1v) is 26.7. The predicted octanol–water partition coefficient (Wildman–Crippen LogP) is 7.72. The van der Waals surface area contributed by atoms with E-state index in [-0.39, 0.29) is 0 Å². The smallest absolute Gasteiger partial charge is 0.185 e. The zero-order valence-corrected chi connectivity index (χ0v) is 29.1. The van der Waals surface area contributed by atoms with Crippen molar-refractivity contribution in [2.75, 3.05) is 14.2 Å². The van der Waals surface area contributed by atoms with Gasteiger partial charge in [0.1, 0.15) is 6.54 Å². The molecule has 0 aliphatic carbocycles. The first-order chi connectivity index (χ1) is 16.7. The van der Waals surface area contributed by atoms with Crippen molar-refractivity contribution < 1.29 is 13.4 Å². The minimum atomic E-state index is -1.37. The Hall–Kier alpha value is -0.912. The van der Waals surface area contributed by atoms with Crippen LogP contribution in [0.2, 0.25) is 88.6 Å². The third kappa shape index (κ3) is 15.4. The SMILES string of the molecule is CO[Si](C)(C)CC[Si](C)(C)CC[n+]1ccccc1.CO[Si](C)(C)CC[Si](C)(C)CCc1ccncc1. The Kier molecular flexibility index (Phi) is 14.2. The van der Waals surface area contributed by atoms with E-state index in [1.807, 2.05) is 26.6 Å². The molecule has 0 aliphatic heterocycles. The lowest BCUT2D eigenvalue weighted by atomic mass is 10.2. The van der Waals surface area contributed by atoms with E-state index in [0.717, 1.165) is 6.54 Å². The number of pyridine rings is 2. The molecular weight excluding hydrogens is 509 g/mol. The van der Waals surface area contributed by atoms with Gasteiger partial charge in [0.25, 0.3) is 0 Å². The number of hydrogen-bond donors (Lipinski definition) is 0. The molecule has 8 heteroatoms. The van der Waals surface area contributed by atoms with Crippen LogP contribution >= 0.6 is 0 Å². The third-order valence-electron chi connectivity index (χ3n) is 7.58. The van der Waals surface area contributed by atoms with E-state index < -0.39 is 32.8 Å². The normalized spacial score (nSPS) is 12.7. The summed E-state index contributed by atoms with van der Waals surface area (Å²) < 4.78 is 13.6. The summed E-state index contributed by atoms with van der Waals surface area (Å²) in [6.07, 6.45) is 9.32. The van der Waals surface area contributed by atoms with E-state index in [1.54, 1.807) is 0 Å². The molecule has 2 aromatic heterocycles. The van der Waals surface area contributed by atoms with Crippen LogP contribution in [0.3, 0.4) is 0 Å². The molecule has 2 rings (SSSR count). The van der Waals surface area contributed by atoms with Crippen LogP contribution in [-0.2, 0) is 21.8 Å². The van der Waals surface area contributed by atoms with Gasteiger partial charge in [0, 0.05) is 52.9 Å². The molecule has 36 heavy (non-hydrogen) atoms. The highest BCUT2D eigenvalue weighted by Crippen LogP contribution is 2.25. The van der Waals surface area contributed by atoms with E-state index in [9.17, 15) is 0 Å². The molecule has 2 aromatic rings. The predicted molar refractivity (Wildman–Crippen MR) is 167 cm³/mol. The molecule has 0 atom stereocenters. The zero-order valence-electron chi connectivity index (χ0n) is 25.1. The molecule has 0 bridgehead atoms. The van der Waals surface area contributed by atoms with Gasteiger partial charge in [-0.2, -0.15) is 0 Å². The second-order valence-corrected chi connectivity index (χ2v) is 32.5. The molecule has 204 valence electrons. The van der Waals surface area contributed by atoms with Gasteiger partial charge >= 0.3 is 0 Å². The lowest BCUT2D eigenvalue weighted by molar-refractivity contribution is -0.693. The van der Waals surface area contributed by atoms with Crippen LogP contribution in [0.4, 0.5) is 0 Å². The Bertz CT molecular complexity index is 776. The van der Waals surface area contributed by atoms with Crippen LogP contribution in [0.1, 0.15) is 5.56 Å². The Labute approximate surface area is 227 Å². The van der Waals surface area contributed by atoms with Crippen molar-refractivity contribution >= 4 is 32.8 Å². The topological polar surface area (TPSA) is 35.2 Å². The summed E-state index contributed by atoms with van der Waals surface area (Å²) in [6.45, 7) is 20.5. The van der Waals surface area contributed by atoms with Crippen molar-refractivity contribution in [2.24, 2.45) is 0 Å². The molecule has 0 aliphatic rings. The highest BCUT2D eigenvalue weighted by molar-refractivity contribution is 6.81. The van der Waals surface area contributed by atoms with Gasteiger partial charge in [-0.1, -0.05) is 50.4 Å². The highest BCUT2D eigenvalue weighted by atomic mass is 28.4. The van der Waals surface area contributed by atoms with E-state index in [2.05, 4.69) is 105 Å². The fraction of sp³-hybridized carbons (Fsp3) is 0.643. The van der Waals surface area contributed by atoms with Crippen LogP contribution in [0.5, 0.6) is 0 Å². The molecule has 0 saturated carbocycles. The van der Waals surface area contributed by atoms with Crippen molar-refractivity contribution in [3.8, 4) is 0 Å². The molecule has 4 nitrogen and oxygen atoms in total. The Morgan fingerprint density at radius 3 is 1.58 bits per heavy atom. The molecular formula is C28H55N2O2Si4+. The van der Waals surface area contributed by atoms with E-state index >= 15 is 0 Å². The summed E-state index contributed by atoms with van der Waals surface area (Å²) in [4.78, 5) is 4.07. The highest BCUT2D eigenvalue weighted by Gasteiger charge is 2.29. The van der Waals surface area contributed by atoms with Gasteiger partial charge in [0.05, 0.1) is 8.07 Å². The van der Waals surface area contributed by atoms with Crippen LogP contribution in [0, 0.1) is 0 Å². The van der Waals surface area contributed by atoms with Crippen molar-refractivity contribution in [3.05, 3.63) is 60.7 Å². The van der Waals surface area contributed by atoms with E-state index in [4.69, 9.17) is 8.85 Å². The molecule has 0 spiro atoms. The maximum absolute atomic E-state index is 5.65. The third-order valence-corrected chi connectivity index (χ3v) is 20.1. The molecule has 0 N–H and O–H groups in total. The molecule has 0 fully saturated rings. The number of nitrogens with zero attached hydrogens (tertiary/aromatic N) is 2. The molecule has 0 aromatic carbocycles. The molecule has 2 heterocycles. The van der Waals surface area contributed by atoms with Gasteiger partial charge in [0.15, 0.2) is 29.0 Å². The van der Waals surface area contributed by atoms with Crippen molar-refractivity contribution in [3.63, 3.8) is 0 Å². The van der Waals surface area contributed by atoms with Crippen LogP contribution < -0.4 is 4.57 Å². The summed E-state index contributed by atoms with van der Waals surface area (Å²) in [5.41, 5.74) is 1.42. The average Bonchev–Trinajstić information content (AvgIpc) is 2.86. The molecule has 0 saturated heterocycles. The van der Waals surface area contributed by atoms with Gasteiger partial charge in [-0.25, -0.2) is 4.57 Å². The van der Waals surface area contributed by atoms with Gasteiger partial charge in [0.2, 0.25) is 0 Å². The Morgan fingerprint density at radius 2 is 1.11 bits per heavy atom. The number of aryl methyl sites for hydroxylation is 2. The van der Waals surface area contributed by atoms with Crippen LogP contribution in [-0.4, -0.2) is 52.0 Å². The van der Waals surface area contributed by atoms with E-state index in [0.29, 0.717) is 0 Å². The summed E-state index contributed by atoms with van der Waals surface area (Å²) in [7, 11) is -1.15. The number of hydrogen-bond acceptors (Lipinski definition) is 3. The first-order valence-electron chi connectivity index (χ1n) is 13.6. The maximum atomic E-state index is 5.65. The number of aromatic nitrogens is 2. The van der Waals surface area contributed by atoms with Crippen molar-refractivity contribution in [2.45, 2.75) is 102 Å². The summed E-state index contributed by atoms with van der Waals surface area (Å²) in [5, 5.41) is 0.